The number of hydrogen-bond donors (Lipinski definition) is 0. The lowest BCUT2D eigenvalue weighted by atomic mass is 9.95. The monoisotopic (exact) mass is 414 g/mol. The average Bonchev–Trinajstić information content (AvgIpc) is 2.82. The highest BCUT2D eigenvalue weighted by Crippen LogP contribution is 2.41. The number of hydrogen-bond acceptors (Lipinski definition) is 4. The summed E-state index contributed by atoms with van der Waals surface area (Å²) in [5, 5.41) is 0. The van der Waals surface area contributed by atoms with E-state index in [0.29, 0.717) is 13.5 Å². The number of benzene rings is 3. The molecule has 2 aliphatic heterocycles. The molecule has 31 heavy (non-hydrogen) atoms. The number of fused-ring (bicyclic) bond motifs is 2. The lowest BCUT2D eigenvalue weighted by Gasteiger charge is -2.38. The quantitative estimate of drug-likeness (QED) is 0.536. The maximum Gasteiger partial charge on any atom is 0.161 e. The molecule has 0 aromatic heterocycles. The molecule has 4 nitrogen and oxygen atoms in total. The van der Waals surface area contributed by atoms with Crippen molar-refractivity contribution < 1.29 is 9.47 Å². The molecule has 160 valence electrons. The van der Waals surface area contributed by atoms with Crippen LogP contribution >= 0.6 is 0 Å². The first-order valence-electron chi connectivity index (χ1n) is 11.3. The number of anilines is 2. The highest BCUT2D eigenvalue weighted by atomic mass is 16.5. The summed E-state index contributed by atoms with van der Waals surface area (Å²) < 4.78 is 12.2. The molecule has 0 unspecified atom stereocenters. The minimum Gasteiger partial charge on any atom is -0.473 e. The smallest absolute Gasteiger partial charge is 0.161 e. The van der Waals surface area contributed by atoms with Gasteiger partial charge in [0.1, 0.15) is 11.5 Å². The van der Waals surface area contributed by atoms with Gasteiger partial charge in [-0.15, -0.1) is 0 Å². The summed E-state index contributed by atoms with van der Waals surface area (Å²) in [6, 6.07) is 19.1. The lowest BCUT2D eigenvalue weighted by Crippen LogP contribution is -2.36. The van der Waals surface area contributed by atoms with Gasteiger partial charge in [-0.2, -0.15) is 0 Å². The molecule has 2 heterocycles. The van der Waals surface area contributed by atoms with Crippen LogP contribution in [0.1, 0.15) is 41.7 Å². The van der Waals surface area contributed by atoms with Crippen molar-refractivity contribution >= 4 is 11.4 Å². The fourth-order valence-electron chi connectivity index (χ4n) is 5.00. The molecule has 3 aromatic carbocycles. The van der Waals surface area contributed by atoms with E-state index < -0.39 is 0 Å². The van der Waals surface area contributed by atoms with Crippen LogP contribution in [0.5, 0.6) is 11.5 Å². The van der Waals surface area contributed by atoms with Gasteiger partial charge in [-0.05, 0) is 48.6 Å². The second-order valence-corrected chi connectivity index (χ2v) is 8.38. The molecule has 0 fully saturated rings. The Morgan fingerprint density at radius 3 is 1.61 bits per heavy atom. The normalized spacial score (nSPS) is 15.1. The maximum atomic E-state index is 6.12. The Morgan fingerprint density at radius 2 is 1.16 bits per heavy atom. The van der Waals surface area contributed by atoms with Crippen molar-refractivity contribution in [3.05, 3.63) is 82.4 Å². The fraction of sp³-hybridized carbons (Fsp3) is 0.333. The van der Waals surface area contributed by atoms with Crippen LogP contribution in [0.4, 0.5) is 11.4 Å². The molecule has 0 saturated heterocycles. The van der Waals surface area contributed by atoms with Gasteiger partial charge in [0, 0.05) is 35.6 Å². The Hall–Kier alpha value is -3.14. The van der Waals surface area contributed by atoms with E-state index in [-0.39, 0.29) is 0 Å². The maximum absolute atomic E-state index is 6.12. The SMILES string of the molecule is CCc1cc(CC)c(N2COc3ccccc3C2)c(C)c1N1COc2ccccc2C1. The van der Waals surface area contributed by atoms with Crippen LogP contribution in [0.2, 0.25) is 0 Å². The molecule has 0 radical (unpaired) electrons. The molecule has 0 bridgehead atoms. The van der Waals surface area contributed by atoms with Gasteiger partial charge in [-0.25, -0.2) is 0 Å². The summed E-state index contributed by atoms with van der Waals surface area (Å²) in [5.74, 6) is 2.00. The van der Waals surface area contributed by atoms with Gasteiger partial charge in [-0.3, -0.25) is 0 Å². The molecule has 0 amide bonds. The summed E-state index contributed by atoms with van der Waals surface area (Å²) in [5.41, 5.74) is 9.20. The first-order valence-corrected chi connectivity index (χ1v) is 11.3. The zero-order valence-electron chi connectivity index (χ0n) is 18.6. The van der Waals surface area contributed by atoms with Gasteiger partial charge in [0.05, 0.1) is 0 Å². The van der Waals surface area contributed by atoms with Crippen LogP contribution in [0.15, 0.2) is 54.6 Å². The van der Waals surface area contributed by atoms with Crippen LogP contribution in [-0.4, -0.2) is 13.5 Å². The van der Waals surface area contributed by atoms with Crippen molar-refractivity contribution in [2.75, 3.05) is 23.3 Å². The summed E-state index contributed by atoms with van der Waals surface area (Å²) in [6.07, 6.45) is 2.00. The standard InChI is InChI=1S/C27H30N2O2/c1-4-20-14-21(5-2)27(29-16-23-11-7-9-13-25(23)31-18-29)19(3)26(20)28-15-22-10-6-8-12-24(22)30-17-28/h6-14H,4-5,15-18H2,1-3H3. The highest BCUT2D eigenvalue weighted by Gasteiger charge is 2.27. The van der Waals surface area contributed by atoms with E-state index in [1.807, 2.05) is 12.1 Å². The van der Waals surface area contributed by atoms with E-state index in [2.05, 4.69) is 73.0 Å². The third-order valence-corrected chi connectivity index (χ3v) is 6.48. The lowest BCUT2D eigenvalue weighted by molar-refractivity contribution is 0.287. The Balaban J connectivity index is 1.57. The second-order valence-electron chi connectivity index (χ2n) is 8.38. The predicted octanol–water partition coefficient (Wildman–Crippen LogP) is 5.83. The molecule has 0 N–H and O–H groups in total. The third kappa shape index (κ3) is 3.50. The van der Waals surface area contributed by atoms with Gasteiger partial charge in [0.25, 0.3) is 0 Å². The van der Waals surface area contributed by atoms with Crippen molar-refractivity contribution in [3.63, 3.8) is 0 Å². The molecule has 0 atom stereocenters. The van der Waals surface area contributed by atoms with Gasteiger partial charge in [0.2, 0.25) is 0 Å². The van der Waals surface area contributed by atoms with Gasteiger partial charge in [0.15, 0.2) is 13.5 Å². The van der Waals surface area contributed by atoms with Crippen molar-refractivity contribution in [3.8, 4) is 11.5 Å². The average molecular weight is 415 g/mol. The van der Waals surface area contributed by atoms with Crippen molar-refractivity contribution in [2.45, 2.75) is 46.7 Å². The van der Waals surface area contributed by atoms with Crippen molar-refractivity contribution in [1.29, 1.82) is 0 Å². The van der Waals surface area contributed by atoms with E-state index in [9.17, 15) is 0 Å². The van der Waals surface area contributed by atoms with E-state index in [4.69, 9.17) is 9.47 Å². The molecule has 0 saturated carbocycles. The molecular weight excluding hydrogens is 384 g/mol. The van der Waals surface area contributed by atoms with Crippen molar-refractivity contribution in [1.82, 2.24) is 0 Å². The predicted molar refractivity (Wildman–Crippen MR) is 126 cm³/mol. The number of rotatable bonds is 4. The van der Waals surface area contributed by atoms with E-state index >= 15 is 0 Å². The van der Waals surface area contributed by atoms with Crippen LogP contribution < -0.4 is 19.3 Å². The molecule has 3 aromatic rings. The molecule has 5 rings (SSSR count). The van der Waals surface area contributed by atoms with Crippen LogP contribution in [0.25, 0.3) is 0 Å². The first kappa shape index (κ1) is 19.8. The van der Waals surface area contributed by atoms with E-state index in [1.165, 1.54) is 39.2 Å². The Kier molecular flexibility index (Phi) is 5.23. The van der Waals surface area contributed by atoms with E-state index in [1.54, 1.807) is 0 Å². The van der Waals surface area contributed by atoms with Crippen LogP contribution in [0, 0.1) is 6.92 Å². The Labute approximate surface area is 185 Å². The zero-order chi connectivity index (χ0) is 21.4. The number of ether oxygens (including phenoxy) is 2. The number of para-hydroxylation sites is 2. The van der Waals surface area contributed by atoms with Crippen LogP contribution in [0.3, 0.4) is 0 Å². The highest BCUT2D eigenvalue weighted by molar-refractivity contribution is 5.75. The third-order valence-electron chi connectivity index (χ3n) is 6.48. The Bertz CT molecular complexity index is 1020. The molecular formula is C27H30N2O2. The molecule has 0 spiro atoms. The van der Waals surface area contributed by atoms with E-state index in [0.717, 1.165) is 37.4 Å². The first-order chi connectivity index (χ1) is 15.2. The number of aryl methyl sites for hydroxylation is 2. The summed E-state index contributed by atoms with van der Waals surface area (Å²) in [7, 11) is 0. The van der Waals surface area contributed by atoms with Gasteiger partial charge < -0.3 is 19.3 Å². The topological polar surface area (TPSA) is 24.9 Å². The zero-order valence-corrected chi connectivity index (χ0v) is 18.6. The molecule has 2 aliphatic rings. The number of nitrogens with zero attached hydrogens (tertiary/aromatic N) is 2. The minimum absolute atomic E-state index is 0.578. The van der Waals surface area contributed by atoms with Gasteiger partial charge >= 0.3 is 0 Å². The summed E-state index contributed by atoms with van der Waals surface area (Å²) in [4.78, 5) is 4.77. The van der Waals surface area contributed by atoms with Crippen LogP contribution in [-0.2, 0) is 25.9 Å². The fourth-order valence-corrected chi connectivity index (χ4v) is 5.00. The molecule has 0 aliphatic carbocycles. The molecule has 4 heteroatoms. The Morgan fingerprint density at radius 1 is 0.710 bits per heavy atom. The van der Waals surface area contributed by atoms with Gasteiger partial charge in [-0.1, -0.05) is 56.3 Å². The minimum atomic E-state index is 0.578. The summed E-state index contributed by atoms with van der Waals surface area (Å²) in [6.45, 7) is 9.66. The largest absolute Gasteiger partial charge is 0.473 e. The summed E-state index contributed by atoms with van der Waals surface area (Å²) >= 11 is 0. The second kappa shape index (κ2) is 8.18. The van der Waals surface area contributed by atoms with Crippen molar-refractivity contribution in [2.24, 2.45) is 0 Å².